The van der Waals surface area contributed by atoms with Crippen LogP contribution in [-0.4, -0.2) is 54.2 Å². The van der Waals surface area contributed by atoms with Crippen molar-refractivity contribution in [3.8, 4) is 39.8 Å². The molecule has 0 saturated heterocycles. The maximum absolute atomic E-state index is 14.0. The Labute approximate surface area is 206 Å². The third-order valence-corrected chi connectivity index (χ3v) is 5.32. The van der Waals surface area contributed by atoms with Crippen LogP contribution < -0.4 is 24.3 Å². The Morgan fingerprint density at radius 2 is 1.72 bits per heavy atom. The number of hydrogen-bond donors (Lipinski definition) is 1. The molecule has 10 nitrogen and oxygen atoms in total. The Morgan fingerprint density at radius 1 is 0.944 bits per heavy atom. The van der Waals surface area contributed by atoms with Crippen LogP contribution in [0.4, 0.5) is 9.18 Å². The van der Waals surface area contributed by atoms with Crippen molar-refractivity contribution < 1.29 is 28.1 Å². The zero-order valence-electron chi connectivity index (χ0n) is 19.9. The van der Waals surface area contributed by atoms with Crippen LogP contribution in [0.3, 0.4) is 0 Å². The van der Waals surface area contributed by atoms with Crippen LogP contribution in [0.15, 0.2) is 60.9 Å². The number of carbonyl (C=O) groups is 1. The molecular formula is C25H24FN5O5. The molecule has 0 radical (unpaired) electrons. The molecule has 36 heavy (non-hydrogen) atoms. The van der Waals surface area contributed by atoms with Crippen molar-refractivity contribution >= 4 is 6.09 Å². The third-order valence-electron chi connectivity index (χ3n) is 5.32. The molecule has 4 rings (SSSR count). The molecule has 0 aliphatic rings. The Kier molecular flexibility index (Phi) is 7.59. The number of aromatic nitrogens is 4. The number of tetrazole rings is 1. The zero-order chi connectivity index (χ0) is 25.5. The second kappa shape index (κ2) is 11.2. The fourth-order valence-electron chi connectivity index (χ4n) is 3.60. The first kappa shape index (κ1) is 24.5. The summed E-state index contributed by atoms with van der Waals surface area (Å²) in [5, 5.41) is 13.9. The molecule has 0 saturated carbocycles. The largest absolute Gasteiger partial charge is 0.496 e. The lowest BCUT2D eigenvalue weighted by Gasteiger charge is -2.13. The van der Waals surface area contributed by atoms with E-state index in [0.29, 0.717) is 47.0 Å². The smallest absolute Gasteiger partial charge is 0.412 e. The van der Waals surface area contributed by atoms with Gasteiger partial charge in [-0.15, -0.1) is 5.10 Å². The highest BCUT2D eigenvalue weighted by Gasteiger charge is 2.14. The number of halogens is 1. The van der Waals surface area contributed by atoms with Gasteiger partial charge in [0.1, 0.15) is 23.6 Å². The fourth-order valence-corrected chi connectivity index (χ4v) is 3.60. The fraction of sp³-hybridized carbons (Fsp3) is 0.200. The van der Waals surface area contributed by atoms with E-state index in [1.165, 1.54) is 36.3 Å². The number of nitrogens with zero attached hydrogens (tertiary/aromatic N) is 4. The first-order valence-corrected chi connectivity index (χ1v) is 10.9. The van der Waals surface area contributed by atoms with Gasteiger partial charge in [-0.3, -0.25) is 0 Å². The molecule has 3 aromatic carbocycles. The van der Waals surface area contributed by atoms with Crippen molar-refractivity contribution in [3.05, 3.63) is 72.3 Å². The molecule has 0 unspecified atom stereocenters. The Morgan fingerprint density at radius 3 is 2.44 bits per heavy atom. The minimum atomic E-state index is -0.651. The van der Waals surface area contributed by atoms with Crippen molar-refractivity contribution in [1.29, 1.82) is 0 Å². The van der Waals surface area contributed by atoms with Crippen LogP contribution >= 0.6 is 0 Å². The van der Waals surface area contributed by atoms with Gasteiger partial charge in [-0.05, 0) is 70.4 Å². The highest BCUT2D eigenvalue weighted by Crippen LogP contribution is 2.34. The van der Waals surface area contributed by atoms with Crippen LogP contribution in [0.5, 0.6) is 23.0 Å². The number of rotatable bonds is 9. The summed E-state index contributed by atoms with van der Waals surface area (Å²) in [4.78, 5) is 12.5. The summed E-state index contributed by atoms with van der Waals surface area (Å²) in [6.45, 7) is 0.325. The van der Waals surface area contributed by atoms with Crippen molar-refractivity contribution in [2.45, 2.75) is 6.42 Å². The topological polar surface area (TPSA) is 110 Å². The third kappa shape index (κ3) is 5.69. The summed E-state index contributed by atoms with van der Waals surface area (Å²) in [7, 11) is 4.62. The molecule has 0 spiro atoms. The van der Waals surface area contributed by atoms with E-state index in [2.05, 4.69) is 20.8 Å². The molecule has 0 aliphatic carbocycles. The number of ether oxygens (including phenoxy) is 4. The first-order valence-electron chi connectivity index (χ1n) is 10.9. The van der Waals surface area contributed by atoms with Gasteiger partial charge in [0.05, 0.1) is 27.0 Å². The Bertz CT molecular complexity index is 1350. The minimum absolute atomic E-state index is 0.216. The highest BCUT2D eigenvalue weighted by molar-refractivity contribution is 5.76. The van der Waals surface area contributed by atoms with Gasteiger partial charge in [0, 0.05) is 18.2 Å². The van der Waals surface area contributed by atoms with E-state index in [1.807, 2.05) is 12.1 Å². The molecule has 0 aliphatic heterocycles. The first-order chi connectivity index (χ1) is 17.5. The molecule has 1 N–H and O–H groups in total. The summed E-state index contributed by atoms with van der Waals surface area (Å²) in [6, 6.07) is 14.6. The summed E-state index contributed by atoms with van der Waals surface area (Å²) in [6.07, 6.45) is 1.29. The second-order valence-corrected chi connectivity index (χ2v) is 7.57. The van der Waals surface area contributed by atoms with E-state index in [4.69, 9.17) is 18.9 Å². The van der Waals surface area contributed by atoms with E-state index in [1.54, 1.807) is 38.5 Å². The molecule has 11 heteroatoms. The van der Waals surface area contributed by atoms with Gasteiger partial charge in [0.25, 0.3) is 0 Å². The molecule has 0 bridgehead atoms. The number of hydrogen-bond acceptors (Lipinski definition) is 8. The average molecular weight is 493 g/mol. The van der Waals surface area contributed by atoms with Crippen molar-refractivity contribution in [2.75, 3.05) is 27.9 Å². The summed E-state index contributed by atoms with van der Waals surface area (Å²) in [5.74, 6) is 1.47. The molecular weight excluding hydrogens is 469 g/mol. The molecule has 1 aromatic heterocycles. The van der Waals surface area contributed by atoms with Crippen LogP contribution in [0.1, 0.15) is 5.56 Å². The van der Waals surface area contributed by atoms with Crippen molar-refractivity contribution in [1.82, 2.24) is 25.5 Å². The van der Waals surface area contributed by atoms with E-state index in [0.717, 1.165) is 5.56 Å². The molecule has 1 amide bonds. The standard InChI is InChI=1S/C25H24FN5O5/c1-33-22-7-5-18(26)13-21(22)17-11-19(31-15-28-29-30-31)14-20(12-17)36-25(32)27-9-8-16-4-6-23(34-2)24(10-16)35-3/h4-7,10-15H,8-9H2,1-3H3,(H,27,32). The quantitative estimate of drug-likeness (QED) is 0.375. The normalized spacial score (nSPS) is 10.6. The lowest BCUT2D eigenvalue weighted by molar-refractivity contribution is 0.200. The van der Waals surface area contributed by atoms with Crippen LogP contribution in [0, 0.1) is 5.82 Å². The average Bonchev–Trinajstić information content (AvgIpc) is 3.43. The van der Waals surface area contributed by atoms with Crippen LogP contribution in [0.2, 0.25) is 0 Å². The van der Waals surface area contributed by atoms with Gasteiger partial charge >= 0.3 is 6.09 Å². The van der Waals surface area contributed by atoms with Gasteiger partial charge in [0.2, 0.25) is 0 Å². The Hall–Kier alpha value is -4.67. The SMILES string of the molecule is COc1ccc(CCNC(=O)Oc2cc(-c3cc(F)ccc3OC)cc(-n3cnnn3)c2)cc1OC. The predicted molar refractivity (Wildman–Crippen MR) is 128 cm³/mol. The van der Waals surface area contributed by atoms with Crippen molar-refractivity contribution in [3.63, 3.8) is 0 Å². The number of nitrogens with one attached hydrogen (secondary N) is 1. The number of amides is 1. The molecule has 186 valence electrons. The number of methoxy groups -OCH3 is 3. The maximum atomic E-state index is 14.0. The van der Waals surface area contributed by atoms with Gasteiger partial charge in [-0.1, -0.05) is 6.07 Å². The van der Waals surface area contributed by atoms with E-state index in [9.17, 15) is 9.18 Å². The molecule has 1 heterocycles. The summed E-state index contributed by atoms with van der Waals surface area (Å²) in [5.41, 5.74) is 2.49. The highest BCUT2D eigenvalue weighted by atomic mass is 19.1. The van der Waals surface area contributed by atoms with Gasteiger partial charge in [-0.2, -0.15) is 0 Å². The Balaban J connectivity index is 1.51. The number of carbonyl (C=O) groups excluding carboxylic acids is 1. The van der Waals surface area contributed by atoms with E-state index >= 15 is 0 Å². The minimum Gasteiger partial charge on any atom is -0.496 e. The van der Waals surface area contributed by atoms with Gasteiger partial charge in [0.15, 0.2) is 11.5 Å². The molecule has 0 fully saturated rings. The molecule has 0 atom stereocenters. The number of benzene rings is 3. The maximum Gasteiger partial charge on any atom is 0.412 e. The summed E-state index contributed by atoms with van der Waals surface area (Å²) < 4.78 is 36.9. The van der Waals surface area contributed by atoms with E-state index < -0.39 is 11.9 Å². The van der Waals surface area contributed by atoms with Gasteiger partial charge < -0.3 is 24.3 Å². The van der Waals surface area contributed by atoms with Crippen molar-refractivity contribution in [2.24, 2.45) is 0 Å². The van der Waals surface area contributed by atoms with Gasteiger partial charge in [-0.25, -0.2) is 13.9 Å². The van der Waals surface area contributed by atoms with Crippen LogP contribution in [0.25, 0.3) is 16.8 Å². The zero-order valence-corrected chi connectivity index (χ0v) is 19.9. The lowest BCUT2D eigenvalue weighted by Crippen LogP contribution is -2.28. The predicted octanol–water partition coefficient (Wildman–Crippen LogP) is 3.83. The monoisotopic (exact) mass is 493 g/mol. The lowest BCUT2D eigenvalue weighted by atomic mass is 10.0. The second-order valence-electron chi connectivity index (χ2n) is 7.57. The van der Waals surface area contributed by atoms with E-state index in [-0.39, 0.29) is 5.75 Å². The van der Waals surface area contributed by atoms with Crippen LogP contribution in [-0.2, 0) is 6.42 Å². The summed E-state index contributed by atoms with van der Waals surface area (Å²) >= 11 is 0. The molecule has 4 aromatic rings.